The summed E-state index contributed by atoms with van der Waals surface area (Å²) in [5.74, 6) is -0.991. The summed E-state index contributed by atoms with van der Waals surface area (Å²) in [7, 11) is 0. The molecule has 1 fully saturated rings. The summed E-state index contributed by atoms with van der Waals surface area (Å²) in [4.78, 5) is 21.5. The van der Waals surface area contributed by atoms with E-state index in [1.165, 1.54) is 13.8 Å². The summed E-state index contributed by atoms with van der Waals surface area (Å²) in [5.41, 5.74) is 0. The Morgan fingerprint density at radius 1 is 1.33 bits per heavy atom. The van der Waals surface area contributed by atoms with Crippen LogP contribution in [-0.4, -0.2) is 42.1 Å². The number of rotatable bonds is 3. The van der Waals surface area contributed by atoms with E-state index >= 15 is 0 Å². The van der Waals surface area contributed by atoms with E-state index in [4.69, 9.17) is 19.3 Å². The molecule has 0 bridgehead atoms. The van der Waals surface area contributed by atoms with Gasteiger partial charge in [0.15, 0.2) is 6.10 Å². The third-order valence-corrected chi connectivity index (χ3v) is 1.93. The molecule has 1 aliphatic rings. The molecule has 1 saturated heterocycles. The number of hydrogen-bond acceptors (Lipinski definition) is 6. The van der Waals surface area contributed by atoms with Gasteiger partial charge in [0.1, 0.15) is 0 Å². The molecule has 0 aliphatic carbocycles. The summed E-state index contributed by atoms with van der Waals surface area (Å²) >= 11 is 0. The minimum Gasteiger partial charge on any atom is -0.456 e. The fraction of sp³-hybridized carbons (Fsp3) is 0.778. The average Bonchev–Trinajstić information content (AvgIpc) is 2.46. The SMILES string of the molecule is CC(=O)OC1CC(CO)OC1OC(C)=O. The highest BCUT2D eigenvalue weighted by molar-refractivity contribution is 5.67. The third kappa shape index (κ3) is 3.49. The van der Waals surface area contributed by atoms with Crippen molar-refractivity contribution in [1.82, 2.24) is 0 Å². The zero-order chi connectivity index (χ0) is 11.4. The molecule has 1 N–H and O–H groups in total. The number of esters is 2. The molecule has 6 nitrogen and oxygen atoms in total. The third-order valence-electron chi connectivity index (χ3n) is 1.93. The fourth-order valence-electron chi connectivity index (χ4n) is 1.40. The molecule has 0 aromatic rings. The fourth-order valence-corrected chi connectivity index (χ4v) is 1.40. The largest absolute Gasteiger partial charge is 0.456 e. The van der Waals surface area contributed by atoms with E-state index in [1.807, 2.05) is 0 Å². The van der Waals surface area contributed by atoms with Crippen molar-refractivity contribution >= 4 is 11.9 Å². The molecule has 0 aromatic heterocycles. The lowest BCUT2D eigenvalue weighted by molar-refractivity contribution is -0.195. The Hall–Kier alpha value is -1.14. The van der Waals surface area contributed by atoms with Crippen LogP contribution >= 0.6 is 0 Å². The summed E-state index contributed by atoms with van der Waals surface area (Å²) in [6.45, 7) is 2.30. The normalized spacial score (nSPS) is 29.9. The lowest BCUT2D eigenvalue weighted by atomic mass is 10.2. The van der Waals surface area contributed by atoms with Gasteiger partial charge < -0.3 is 19.3 Å². The van der Waals surface area contributed by atoms with Crippen LogP contribution in [0.4, 0.5) is 0 Å². The summed E-state index contributed by atoms with van der Waals surface area (Å²) < 4.78 is 14.9. The maximum absolute atomic E-state index is 10.7. The van der Waals surface area contributed by atoms with E-state index in [9.17, 15) is 9.59 Å². The van der Waals surface area contributed by atoms with Gasteiger partial charge in [-0.1, -0.05) is 0 Å². The molecule has 86 valence electrons. The topological polar surface area (TPSA) is 82.1 Å². The number of aliphatic hydroxyl groups is 1. The Kier molecular flexibility index (Phi) is 4.05. The van der Waals surface area contributed by atoms with Crippen molar-refractivity contribution in [2.45, 2.75) is 38.8 Å². The molecule has 0 aromatic carbocycles. The van der Waals surface area contributed by atoms with Gasteiger partial charge in [-0.15, -0.1) is 0 Å². The van der Waals surface area contributed by atoms with Crippen LogP contribution in [0.5, 0.6) is 0 Å². The van der Waals surface area contributed by atoms with Crippen molar-refractivity contribution in [1.29, 1.82) is 0 Å². The molecule has 1 rings (SSSR count). The molecular weight excluding hydrogens is 204 g/mol. The van der Waals surface area contributed by atoms with Gasteiger partial charge in [-0.05, 0) is 0 Å². The Balaban J connectivity index is 2.56. The Bertz CT molecular complexity index is 227. The van der Waals surface area contributed by atoms with Crippen molar-refractivity contribution < 1.29 is 28.9 Å². The molecule has 1 heterocycles. The van der Waals surface area contributed by atoms with E-state index in [0.29, 0.717) is 6.42 Å². The van der Waals surface area contributed by atoms with Gasteiger partial charge in [-0.3, -0.25) is 9.59 Å². The van der Waals surface area contributed by atoms with Crippen molar-refractivity contribution in [3.8, 4) is 0 Å². The van der Waals surface area contributed by atoms with Crippen LogP contribution in [0.3, 0.4) is 0 Å². The molecular formula is C9H14O6. The van der Waals surface area contributed by atoms with Gasteiger partial charge >= 0.3 is 11.9 Å². The Morgan fingerprint density at radius 2 is 1.93 bits per heavy atom. The summed E-state index contributed by atoms with van der Waals surface area (Å²) in [5, 5.41) is 8.86. The number of carbonyl (C=O) groups excluding carboxylic acids is 2. The van der Waals surface area contributed by atoms with Crippen LogP contribution in [0, 0.1) is 0 Å². The second-order valence-electron chi connectivity index (χ2n) is 3.30. The van der Waals surface area contributed by atoms with Crippen LogP contribution in [0.2, 0.25) is 0 Å². The van der Waals surface area contributed by atoms with Crippen LogP contribution in [0.25, 0.3) is 0 Å². The first-order valence-corrected chi connectivity index (χ1v) is 4.63. The predicted octanol–water partition coefficient (Wildman–Crippen LogP) is -0.412. The van der Waals surface area contributed by atoms with Gasteiger partial charge in [0.2, 0.25) is 6.29 Å². The standard InChI is InChI=1S/C9H14O6/c1-5(11)13-8-3-7(4-10)15-9(8)14-6(2)12/h7-10H,3-4H2,1-2H3. The highest BCUT2D eigenvalue weighted by Gasteiger charge is 2.39. The van der Waals surface area contributed by atoms with Gasteiger partial charge in [-0.25, -0.2) is 0 Å². The lowest BCUT2D eigenvalue weighted by Crippen LogP contribution is -2.30. The van der Waals surface area contributed by atoms with E-state index < -0.39 is 30.4 Å². The van der Waals surface area contributed by atoms with Gasteiger partial charge in [0.25, 0.3) is 0 Å². The second-order valence-corrected chi connectivity index (χ2v) is 3.30. The molecule has 0 spiro atoms. The smallest absolute Gasteiger partial charge is 0.305 e. The van der Waals surface area contributed by atoms with Crippen LogP contribution in [0.1, 0.15) is 20.3 Å². The highest BCUT2D eigenvalue weighted by Crippen LogP contribution is 2.24. The zero-order valence-corrected chi connectivity index (χ0v) is 8.63. The first kappa shape index (κ1) is 11.9. The van der Waals surface area contributed by atoms with Crippen LogP contribution < -0.4 is 0 Å². The van der Waals surface area contributed by atoms with Crippen molar-refractivity contribution in [3.63, 3.8) is 0 Å². The quantitative estimate of drug-likeness (QED) is 0.648. The van der Waals surface area contributed by atoms with E-state index in [-0.39, 0.29) is 6.61 Å². The number of carbonyl (C=O) groups is 2. The number of ether oxygens (including phenoxy) is 3. The predicted molar refractivity (Wildman–Crippen MR) is 47.7 cm³/mol. The Labute approximate surface area is 87.1 Å². The van der Waals surface area contributed by atoms with E-state index in [1.54, 1.807) is 0 Å². The molecule has 3 unspecified atom stereocenters. The zero-order valence-electron chi connectivity index (χ0n) is 8.63. The number of aliphatic hydroxyl groups excluding tert-OH is 1. The first-order valence-electron chi connectivity index (χ1n) is 4.63. The molecule has 0 amide bonds. The van der Waals surface area contributed by atoms with Crippen molar-refractivity contribution in [3.05, 3.63) is 0 Å². The van der Waals surface area contributed by atoms with E-state index in [2.05, 4.69) is 0 Å². The monoisotopic (exact) mass is 218 g/mol. The van der Waals surface area contributed by atoms with Crippen molar-refractivity contribution in [2.24, 2.45) is 0 Å². The Morgan fingerprint density at radius 3 is 2.40 bits per heavy atom. The molecule has 15 heavy (non-hydrogen) atoms. The lowest BCUT2D eigenvalue weighted by Gasteiger charge is -2.17. The van der Waals surface area contributed by atoms with Crippen LogP contribution in [0.15, 0.2) is 0 Å². The highest BCUT2D eigenvalue weighted by atomic mass is 16.7. The molecule has 3 atom stereocenters. The number of hydrogen-bond donors (Lipinski definition) is 1. The second kappa shape index (κ2) is 5.09. The average molecular weight is 218 g/mol. The van der Waals surface area contributed by atoms with Crippen molar-refractivity contribution in [2.75, 3.05) is 6.61 Å². The minimum absolute atomic E-state index is 0.199. The molecule has 6 heteroatoms. The summed E-state index contributed by atoms with van der Waals surface area (Å²) in [6, 6.07) is 0. The maximum atomic E-state index is 10.7. The molecule has 0 radical (unpaired) electrons. The molecule has 1 aliphatic heterocycles. The van der Waals surface area contributed by atoms with Gasteiger partial charge in [-0.2, -0.15) is 0 Å². The van der Waals surface area contributed by atoms with Crippen LogP contribution in [-0.2, 0) is 23.8 Å². The first-order chi connectivity index (χ1) is 7.02. The van der Waals surface area contributed by atoms with E-state index in [0.717, 1.165) is 0 Å². The molecule has 0 saturated carbocycles. The maximum Gasteiger partial charge on any atom is 0.305 e. The minimum atomic E-state index is -0.913. The van der Waals surface area contributed by atoms with Gasteiger partial charge in [0, 0.05) is 20.3 Å². The summed E-state index contributed by atoms with van der Waals surface area (Å²) in [6.07, 6.45) is -1.68. The van der Waals surface area contributed by atoms with Gasteiger partial charge in [0.05, 0.1) is 12.7 Å².